The Labute approximate surface area is 163 Å². The van der Waals surface area contributed by atoms with E-state index in [1.54, 1.807) is 0 Å². The second kappa shape index (κ2) is 8.48. The molecule has 2 N–H and O–H groups in total. The largest absolute Gasteiger partial charge is 0.356 e. The van der Waals surface area contributed by atoms with Crippen molar-refractivity contribution in [3.63, 3.8) is 0 Å². The fourth-order valence-corrected chi connectivity index (χ4v) is 3.96. The van der Waals surface area contributed by atoms with E-state index in [9.17, 15) is 18.5 Å². The van der Waals surface area contributed by atoms with Gasteiger partial charge in [-0.2, -0.15) is 4.98 Å². The lowest BCUT2D eigenvalue weighted by Gasteiger charge is -2.17. The first-order valence-corrected chi connectivity index (χ1v) is 10.4. The van der Waals surface area contributed by atoms with Crippen molar-refractivity contribution in [1.29, 1.82) is 0 Å². The lowest BCUT2D eigenvalue weighted by atomic mass is 10.3. The third-order valence-electron chi connectivity index (χ3n) is 4.33. The fraction of sp³-hybridized carbons (Fsp3) is 0.412. The Morgan fingerprint density at radius 3 is 2.46 bits per heavy atom. The fourth-order valence-electron chi connectivity index (χ4n) is 2.93. The number of benzene rings is 1. The van der Waals surface area contributed by atoms with E-state index >= 15 is 0 Å². The first kappa shape index (κ1) is 20.0. The smallest absolute Gasteiger partial charge is 0.269 e. The number of aromatic nitrogens is 2. The van der Waals surface area contributed by atoms with Gasteiger partial charge in [0.15, 0.2) is 0 Å². The average molecular weight is 406 g/mol. The Hall–Kier alpha value is -2.79. The number of rotatable bonds is 8. The molecule has 0 atom stereocenters. The van der Waals surface area contributed by atoms with Crippen molar-refractivity contribution in [2.24, 2.45) is 0 Å². The van der Waals surface area contributed by atoms with E-state index in [1.807, 2.05) is 13.0 Å². The molecule has 1 fully saturated rings. The van der Waals surface area contributed by atoms with Crippen molar-refractivity contribution in [3.05, 3.63) is 46.1 Å². The van der Waals surface area contributed by atoms with Crippen LogP contribution in [0.2, 0.25) is 0 Å². The highest BCUT2D eigenvalue weighted by Gasteiger charge is 2.16. The molecule has 2 aromatic rings. The summed E-state index contributed by atoms with van der Waals surface area (Å²) in [5, 5.41) is 13.7. The van der Waals surface area contributed by atoms with E-state index < -0.39 is 14.9 Å². The standard InChI is InChI=1S/C17H22N6O4S/c1-13-12-16(22-10-2-3-11-22)21-17(20-13)18-8-9-19-28(26,27)15-6-4-14(5-7-15)23(24)25/h4-7,12,19H,2-3,8-11H2,1H3,(H,18,20,21). The molecular formula is C17H22N6O4S. The molecule has 0 aliphatic carbocycles. The van der Waals surface area contributed by atoms with Crippen molar-refractivity contribution >= 4 is 27.5 Å². The molecule has 0 saturated carbocycles. The molecule has 1 aromatic heterocycles. The molecule has 0 bridgehead atoms. The van der Waals surface area contributed by atoms with Crippen LogP contribution in [0, 0.1) is 17.0 Å². The summed E-state index contributed by atoms with van der Waals surface area (Å²) in [6.07, 6.45) is 2.30. The van der Waals surface area contributed by atoms with Gasteiger partial charge in [0, 0.05) is 50.1 Å². The average Bonchev–Trinajstić information content (AvgIpc) is 3.20. The molecule has 0 unspecified atom stereocenters. The summed E-state index contributed by atoms with van der Waals surface area (Å²) in [6, 6.07) is 6.67. The zero-order valence-electron chi connectivity index (χ0n) is 15.5. The highest BCUT2D eigenvalue weighted by Crippen LogP contribution is 2.20. The summed E-state index contributed by atoms with van der Waals surface area (Å²) in [5.41, 5.74) is 0.678. The first-order chi connectivity index (χ1) is 13.3. The van der Waals surface area contributed by atoms with Crippen LogP contribution < -0.4 is 14.9 Å². The molecule has 0 radical (unpaired) electrons. The Morgan fingerprint density at radius 2 is 1.82 bits per heavy atom. The Bertz CT molecular complexity index is 943. The minimum Gasteiger partial charge on any atom is -0.356 e. The number of nitrogens with one attached hydrogen (secondary N) is 2. The van der Waals surface area contributed by atoms with Crippen molar-refractivity contribution in [2.45, 2.75) is 24.7 Å². The van der Waals surface area contributed by atoms with Crippen LogP contribution in [0.4, 0.5) is 17.5 Å². The van der Waals surface area contributed by atoms with Gasteiger partial charge in [0.25, 0.3) is 5.69 Å². The third kappa shape index (κ3) is 4.93. The van der Waals surface area contributed by atoms with Gasteiger partial charge in [0.05, 0.1) is 9.82 Å². The highest BCUT2D eigenvalue weighted by molar-refractivity contribution is 7.89. The monoisotopic (exact) mass is 406 g/mol. The van der Waals surface area contributed by atoms with Gasteiger partial charge in [0.1, 0.15) is 5.82 Å². The van der Waals surface area contributed by atoms with Crippen LogP contribution in [0.3, 0.4) is 0 Å². The van der Waals surface area contributed by atoms with Crippen molar-refractivity contribution in [3.8, 4) is 0 Å². The number of hydrogen-bond acceptors (Lipinski definition) is 8. The van der Waals surface area contributed by atoms with E-state index in [1.165, 1.54) is 12.1 Å². The molecule has 1 aromatic carbocycles. The number of nitro benzene ring substituents is 1. The molecule has 150 valence electrons. The molecule has 1 saturated heterocycles. The van der Waals surface area contributed by atoms with E-state index in [0.29, 0.717) is 12.5 Å². The van der Waals surface area contributed by atoms with Crippen LogP contribution >= 0.6 is 0 Å². The van der Waals surface area contributed by atoms with Crippen LogP contribution in [-0.4, -0.2) is 49.5 Å². The predicted octanol–water partition coefficient (Wildman–Crippen LogP) is 1.68. The van der Waals surface area contributed by atoms with Gasteiger partial charge in [0.2, 0.25) is 16.0 Å². The molecule has 0 amide bonds. The molecule has 1 aliphatic rings. The number of hydrogen-bond donors (Lipinski definition) is 2. The summed E-state index contributed by atoms with van der Waals surface area (Å²) in [4.78, 5) is 21.1. The zero-order valence-corrected chi connectivity index (χ0v) is 16.3. The summed E-state index contributed by atoms with van der Waals surface area (Å²) in [7, 11) is -3.75. The normalized spacial score (nSPS) is 14.2. The summed E-state index contributed by atoms with van der Waals surface area (Å²) in [6.45, 7) is 4.27. The molecule has 11 heteroatoms. The number of anilines is 2. The zero-order chi connectivity index (χ0) is 20.1. The van der Waals surface area contributed by atoms with Gasteiger partial charge >= 0.3 is 0 Å². The molecule has 1 aliphatic heterocycles. The van der Waals surface area contributed by atoms with Gasteiger partial charge in [-0.15, -0.1) is 0 Å². The number of non-ortho nitro benzene ring substituents is 1. The Balaban J connectivity index is 1.55. The maximum Gasteiger partial charge on any atom is 0.269 e. The minimum absolute atomic E-state index is 0.0266. The molecule has 0 spiro atoms. The quantitative estimate of drug-likeness (QED) is 0.385. The molecular weight excluding hydrogens is 384 g/mol. The molecule has 3 rings (SSSR count). The van der Waals surface area contributed by atoms with E-state index in [-0.39, 0.29) is 17.1 Å². The third-order valence-corrected chi connectivity index (χ3v) is 5.81. The van der Waals surface area contributed by atoms with Crippen molar-refractivity contribution in [1.82, 2.24) is 14.7 Å². The molecule has 28 heavy (non-hydrogen) atoms. The predicted molar refractivity (Wildman–Crippen MR) is 105 cm³/mol. The second-order valence-electron chi connectivity index (χ2n) is 6.46. The summed E-state index contributed by atoms with van der Waals surface area (Å²) < 4.78 is 27.0. The number of aryl methyl sites for hydroxylation is 1. The molecule has 2 heterocycles. The van der Waals surface area contributed by atoms with E-state index in [0.717, 1.165) is 49.6 Å². The first-order valence-electron chi connectivity index (χ1n) is 8.94. The minimum atomic E-state index is -3.75. The molecule has 10 nitrogen and oxygen atoms in total. The number of nitro groups is 1. The second-order valence-corrected chi connectivity index (χ2v) is 8.23. The van der Waals surface area contributed by atoms with Gasteiger partial charge in [-0.1, -0.05) is 0 Å². The highest BCUT2D eigenvalue weighted by atomic mass is 32.2. The van der Waals surface area contributed by atoms with Gasteiger partial charge in [-0.25, -0.2) is 18.1 Å². The van der Waals surface area contributed by atoms with Gasteiger partial charge < -0.3 is 10.2 Å². The van der Waals surface area contributed by atoms with Crippen molar-refractivity contribution in [2.75, 3.05) is 36.4 Å². The van der Waals surface area contributed by atoms with Crippen LogP contribution in [0.15, 0.2) is 35.2 Å². The number of sulfonamides is 1. The number of nitrogens with zero attached hydrogens (tertiary/aromatic N) is 4. The Kier molecular flexibility index (Phi) is 6.05. The SMILES string of the molecule is Cc1cc(N2CCCC2)nc(NCCNS(=O)(=O)c2ccc([N+](=O)[O-])cc2)n1. The van der Waals surface area contributed by atoms with E-state index in [2.05, 4.69) is 24.9 Å². The lowest BCUT2D eigenvalue weighted by molar-refractivity contribution is -0.384. The Morgan fingerprint density at radius 1 is 1.14 bits per heavy atom. The van der Waals surface area contributed by atoms with Crippen LogP contribution in [-0.2, 0) is 10.0 Å². The summed E-state index contributed by atoms with van der Waals surface area (Å²) >= 11 is 0. The lowest BCUT2D eigenvalue weighted by Crippen LogP contribution is -2.29. The summed E-state index contributed by atoms with van der Waals surface area (Å²) in [5.74, 6) is 1.33. The maximum absolute atomic E-state index is 12.3. The van der Waals surface area contributed by atoms with Crippen LogP contribution in [0.5, 0.6) is 0 Å². The van der Waals surface area contributed by atoms with Gasteiger partial charge in [-0.3, -0.25) is 10.1 Å². The van der Waals surface area contributed by atoms with Crippen LogP contribution in [0.25, 0.3) is 0 Å². The maximum atomic E-state index is 12.3. The van der Waals surface area contributed by atoms with Crippen molar-refractivity contribution < 1.29 is 13.3 Å². The van der Waals surface area contributed by atoms with Crippen LogP contribution in [0.1, 0.15) is 18.5 Å². The van der Waals surface area contributed by atoms with E-state index in [4.69, 9.17) is 0 Å². The van der Waals surface area contributed by atoms with Gasteiger partial charge in [-0.05, 0) is 31.9 Å². The topological polar surface area (TPSA) is 130 Å².